The third-order valence-corrected chi connectivity index (χ3v) is 2.59. The highest BCUT2D eigenvalue weighted by Crippen LogP contribution is 2.14. The van der Waals surface area contributed by atoms with Gasteiger partial charge in [0.05, 0.1) is 23.8 Å². The van der Waals surface area contributed by atoms with Crippen molar-refractivity contribution in [3.8, 4) is 0 Å². The van der Waals surface area contributed by atoms with Crippen LogP contribution in [0.25, 0.3) is 0 Å². The number of nitrogens with zero attached hydrogens (tertiary/aromatic N) is 1. The second kappa shape index (κ2) is 7.12. The zero-order valence-corrected chi connectivity index (χ0v) is 13.1. The van der Waals surface area contributed by atoms with Crippen LogP contribution in [0.3, 0.4) is 0 Å². The van der Waals surface area contributed by atoms with Crippen molar-refractivity contribution in [1.82, 2.24) is 10.3 Å². The summed E-state index contributed by atoms with van der Waals surface area (Å²) in [4.78, 5) is 16.2. The maximum atomic E-state index is 12.0. The van der Waals surface area contributed by atoms with Crippen LogP contribution in [0.2, 0.25) is 0 Å². The van der Waals surface area contributed by atoms with E-state index in [0.29, 0.717) is 0 Å². The minimum atomic E-state index is -0.308. The number of carbonyl (C=O) groups is 1. The molecule has 1 aromatic rings. The van der Waals surface area contributed by atoms with Gasteiger partial charge in [-0.25, -0.2) is 0 Å². The molecule has 0 fully saturated rings. The van der Waals surface area contributed by atoms with E-state index < -0.39 is 0 Å². The number of aromatic nitrogens is 1. The van der Waals surface area contributed by atoms with Crippen LogP contribution in [-0.2, 0) is 4.79 Å². The van der Waals surface area contributed by atoms with Gasteiger partial charge < -0.3 is 16.0 Å². The van der Waals surface area contributed by atoms with E-state index in [1.807, 2.05) is 33.8 Å². The Morgan fingerprint density at radius 3 is 2.55 bits per heavy atom. The summed E-state index contributed by atoms with van der Waals surface area (Å²) in [6.07, 6.45) is 4.56. The second-order valence-corrected chi connectivity index (χ2v) is 5.99. The lowest BCUT2D eigenvalue weighted by Crippen LogP contribution is -2.47. The van der Waals surface area contributed by atoms with E-state index in [9.17, 15) is 4.79 Å². The van der Waals surface area contributed by atoms with Crippen molar-refractivity contribution in [3.63, 3.8) is 0 Å². The first-order chi connectivity index (χ1) is 9.31. The molecule has 5 nitrogen and oxygen atoms in total. The topological polar surface area (TPSA) is 66.0 Å². The van der Waals surface area contributed by atoms with Crippen LogP contribution in [-0.4, -0.2) is 29.0 Å². The van der Waals surface area contributed by atoms with Crippen molar-refractivity contribution >= 4 is 17.3 Å². The fraction of sp³-hybridized carbons (Fsp3) is 0.600. The predicted octanol–water partition coefficient (Wildman–Crippen LogP) is 2.62. The fourth-order valence-corrected chi connectivity index (χ4v) is 1.68. The van der Waals surface area contributed by atoms with Gasteiger partial charge in [-0.1, -0.05) is 6.92 Å². The Bertz CT molecular complexity index is 440. The summed E-state index contributed by atoms with van der Waals surface area (Å²) < 4.78 is 0. The molecule has 1 unspecified atom stereocenters. The van der Waals surface area contributed by atoms with E-state index in [1.54, 1.807) is 12.4 Å². The molecule has 1 aromatic heterocycles. The Morgan fingerprint density at radius 2 is 1.95 bits per heavy atom. The number of hydrogen-bond acceptors (Lipinski definition) is 4. The van der Waals surface area contributed by atoms with Crippen LogP contribution >= 0.6 is 0 Å². The monoisotopic (exact) mass is 278 g/mol. The van der Waals surface area contributed by atoms with Gasteiger partial charge in [0, 0.05) is 12.1 Å². The van der Waals surface area contributed by atoms with Crippen LogP contribution in [0, 0.1) is 0 Å². The molecule has 1 heterocycles. The molecule has 0 aliphatic carbocycles. The lowest BCUT2D eigenvalue weighted by atomic mass is 10.1. The van der Waals surface area contributed by atoms with Gasteiger partial charge in [-0.15, -0.1) is 0 Å². The molecule has 3 N–H and O–H groups in total. The molecular weight excluding hydrogens is 252 g/mol. The maximum absolute atomic E-state index is 12.0. The van der Waals surface area contributed by atoms with Gasteiger partial charge in [0.2, 0.25) is 5.91 Å². The number of nitrogens with one attached hydrogen (secondary N) is 3. The Kier molecular flexibility index (Phi) is 5.80. The highest BCUT2D eigenvalue weighted by Gasteiger charge is 2.19. The molecule has 0 aromatic carbocycles. The highest BCUT2D eigenvalue weighted by atomic mass is 16.2. The van der Waals surface area contributed by atoms with Crippen LogP contribution in [0.5, 0.6) is 0 Å². The maximum Gasteiger partial charge on any atom is 0.242 e. The molecule has 5 heteroatoms. The first-order valence-electron chi connectivity index (χ1n) is 7.09. The van der Waals surface area contributed by atoms with Gasteiger partial charge in [-0.3, -0.25) is 9.78 Å². The average Bonchev–Trinajstić information content (AvgIpc) is 2.34. The molecule has 0 spiro atoms. The largest absolute Gasteiger partial charge is 0.384 e. The third-order valence-electron chi connectivity index (χ3n) is 2.59. The minimum absolute atomic E-state index is 0.0237. The number of amides is 1. The molecule has 0 radical (unpaired) electrons. The Labute approximate surface area is 121 Å². The lowest BCUT2D eigenvalue weighted by molar-refractivity contribution is -0.122. The van der Waals surface area contributed by atoms with Crippen LogP contribution in [0.1, 0.15) is 41.0 Å². The molecule has 112 valence electrons. The van der Waals surface area contributed by atoms with Gasteiger partial charge in [0.15, 0.2) is 0 Å². The number of hydrogen-bond donors (Lipinski definition) is 3. The van der Waals surface area contributed by atoms with Crippen LogP contribution in [0.4, 0.5) is 11.4 Å². The predicted molar refractivity (Wildman–Crippen MR) is 84.0 cm³/mol. The van der Waals surface area contributed by atoms with Crippen LogP contribution < -0.4 is 16.0 Å². The summed E-state index contributed by atoms with van der Waals surface area (Å²) in [5.41, 5.74) is 1.57. The summed E-state index contributed by atoms with van der Waals surface area (Å²) in [6, 6.07) is 1.65. The average molecular weight is 278 g/mol. The Balaban J connectivity index is 2.61. The van der Waals surface area contributed by atoms with E-state index >= 15 is 0 Å². The van der Waals surface area contributed by atoms with Crippen molar-refractivity contribution in [2.24, 2.45) is 0 Å². The van der Waals surface area contributed by atoms with Crippen molar-refractivity contribution < 1.29 is 4.79 Å². The summed E-state index contributed by atoms with van der Waals surface area (Å²) in [5.74, 6) is -0.0237. The number of pyridine rings is 1. The standard InChI is InChI=1S/C15H26N4O/c1-6-7-17-12-8-13(10-16-9-12)18-11(2)14(20)19-15(3,4)5/h8-11,17-18H,6-7H2,1-5H3,(H,19,20). The SMILES string of the molecule is CCCNc1cncc(NC(C)C(=O)NC(C)(C)C)c1. The Morgan fingerprint density at radius 1 is 1.30 bits per heavy atom. The zero-order chi connectivity index (χ0) is 15.2. The number of carbonyl (C=O) groups excluding carboxylic acids is 1. The summed E-state index contributed by atoms with van der Waals surface area (Å²) >= 11 is 0. The lowest BCUT2D eigenvalue weighted by Gasteiger charge is -2.24. The normalized spacial score (nSPS) is 12.7. The van der Waals surface area contributed by atoms with Gasteiger partial charge in [-0.2, -0.15) is 0 Å². The van der Waals surface area contributed by atoms with Crippen LogP contribution in [0.15, 0.2) is 18.5 Å². The zero-order valence-electron chi connectivity index (χ0n) is 13.1. The van der Waals surface area contributed by atoms with E-state index in [-0.39, 0.29) is 17.5 Å². The molecule has 20 heavy (non-hydrogen) atoms. The highest BCUT2D eigenvalue weighted by molar-refractivity contribution is 5.84. The summed E-state index contributed by atoms with van der Waals surface area (Å²) in [7, 11) is 0. The smallest absolute Gasteiger partial charge is 0.242 e. The van der Waals surface area contributed by atoms with E-state index in [2.05, 4.69) is 27.9 Å². The molecule has 1 amide bonds. The third kappa shape index (κ3) is 5.91. The second-order valence-electron chi connectivity index (χ2n) is 5.99. The molecule has 0 saturated heterocycles. The minimum Gasteiger partial charge on any atom is -0.384 e. The number of anilines is 2. The summed E-state index contributed by atoms with van der Waals surface area (Å²) in [6.45, 7) is 10.8. The van der Waals surface area contributed by atoms with E-state index in [1.165, 1.54) is 0 Å². The van der Waals surface area contributed by atoms with Gasteiger partial charge in [0.25, 0.3) is 0 Å². The quantitative estimate of drug-likeness (QED) is 0.748. The molecule has 0 aliphatic rings. The van der Waals surface area contributed by atoms with Crippen molar-refractivity contribution in [3.05, 3.63) is 18.5 Å². The van der Waals surface area contributed by atoms with Crippen molar-refractivity contribution in [2.75, 3.05) is 17.2 Å². The first-order valence-corrected chi connectivity index (χ1v) is 7.09. The molecule has 1 rings (SSSR count). The van der Waals surface area contributed by atoms with E-state index in [4.69, 9.17) is 0 Å². The van der Waals surface area contributed by atoms with Crippen molar-refractivity contribution in [1.29, 1.82) is 0 Å². The van der Waals surface area contributed by atoms with Crippen molar-refractivity contribution in [2.45, 2.75) is 52.6 Å². The van der Waals surface area contributed by atoms with Gasteiger partial charge in [0.1, 0.15) is 6.04 Å². The molecule has 0 bridgehead atoms. The molecule has 0 aliphatic heterocycles. The number of rotatable bonds is 6. The molecular formula is C15H26N4O. The first kappa shape index (κ1) is 16.3. The molecule has 0 saturated carbocycles. The molecule has 1 atom stereocenters. The summed E-state index contributed by atoms with van der Waals surface area (Å²) in [5, 5.41) is 9.39. The van der Waals surface area contributed by atoms with Gasteiger partial charge >= 0.3 is 0 Å². The van der Waals surface area contributed by atoms with Gasteiger partial charge in [-0.05, 0) is 40.2 Å². The fourth-order valence-electron chi connectivity index (χ4n) is 1.68. The Hall–Kier alpha value is -1.78. The van der Waals surface area contributed by atoms with E-state index in [0.717, 1.165) is 24.3 Å².